The molecule has 44 valence electrons. The van der Waals surface area contributed by atoms with E-state index in [1.807, 2.05) is 0 Å². The third-order valence-electron chi connectivity index (χ3n) is 0.905. The van der Waals surface area contributed by atoms with E-state index in [4.69, 9.17) is 17.3 Å². The van der Waals surface area contributed by atoms with E-state index in [-0.39, 0.29) is 0 Å². The van der Waals surface area contributed by atoms with Crippen LogP contribution in [0.25, 0.3) is 0 Å². The van der Waals surface area contributed by atoms with Gasteiger partial charge in [-0.25, -0.2) is 0 Å². The molecule has 1 aliphatic heterocycles. The minimum atomic E-state index is 0.657. The molecule has 0 radical (unpaired) electrons. The van der Waals surface area contributed by atoms with E-state index in [9.17, 15) is 0 Å². The van der Waals surface area contributed by atoms with Crippen molar-refractivity contribution in [1.29, 1.82) is 0 Å². The van der Waals surface area contributed by atoms with Crippen LogP contribution in [0.15, 0.2) is 23.0 Å². The Labute approximate surface area is 53.0 Å². The maximum Gasteiger partial charge on any atom is 0.0963 e. The summed E-state index contributed by atoms with van der Waals surface area (Å²) < 4.78 is 0. The summed E-state index contributed by atoms with van der Waals surface area (Å²) in [4.78, 5) is 0. The molecule has 0 unspecified atom stereocenters. The Morgan fingerprint density at radius 1 is 1.62 bits per heavy atom. The third-order valence-corrected chi connectivity index (χ3v) is 1.16. The molecule has 0 amide bonds. The summed E-state index contributed by atoms with van der Waals surface area (Å²) in [6, 6.07) is 0. The maximum absolute atomic E-state index is 5.58. The van der Waals surface area contributed by atoms with E-state index >= 15 is 0 Å². The molecule has 0 aromatic heterocycles. The summed E-state index contributed by atoms with van der Waals surface area (Å²) in [5.41, 5.74) is 5.34. The van der Waals surface area contributed by atoms with Gasteiger partial charge in [0.15, 0.2) is 0 Å². The molecule has 0 spiro atoms. The molecule has 0 atom stereocenters. The molecule has 3 N–H and O–H groups in total. The number of allylic oxidation sites excluding steroid dienone is 2. The fraction of sp³-hybridized carbons (Fsp3) is 0.200. The predicted molar refractivity (Wildman–Crippen MR) is 34.2 cm³/mol. The lowest BCUT2D eigenvalue weighted by atomic mass is 10.4. The lowest BCUT2D eigenvalue weighted by molar-refractivity contribution is 0.864. The average Bonchev–Trinajstić information content (AvgIpc) is 1.77. The molecule has 8 heavy (non-hydrogen) atoms. The smallest absolute Gasteiger partial charge is 0.0963 e. The first-order valence-electron chi connectivity index (χ1n) is 2.35. The summed E-state index contributed by atoms with van der Waals surface area (Å²) in [7, 11) is 0. The molecule has 0 aromatic rings. The zero-order valence-electron chi connectivity index (χ0n) is 4.32. The van der Waals surface area contributed by atoms with E-state index in [2.05, 4.69) is 5.32 Å². The van der Waals surface area contributed by atoms with Gasteiger partial charge < -0.3 is 11.1 Å². The summed E-state index contributed by atoms with van der Waals surface area (Å²) in [6.45, 7) is 0.657. The monoisotopic (exact) mass is 130 g/mol. The van der Waals surface area contributed by atoms with Gasteiger partial charge in [0.05, 0.1) is 12.4 Å². The summed E-state index contributed by atoms with van der Waals surface area (Å²) in [6.07, 6.45) is 3.53. The topological polar surface area (TPSA) is 38.0 Å². The van der Waals surface area contributed by atoms with Crippen molar-refractivity contribution in [2.75, 3.05) is 6.54 Å². The van der Waals surface area contributed by atoms with Crippen LogP contribution in [-0.4, -0.2) is 6.54 Å². The summed E-state index contributed by atoms with van der Waals surface area (Å²) >= 11 is 5.58. The Morgan fingerprint density at radius 3 is 2.75 bits per heavy atom. The van der Waals surface area contributed by atoms with Crippen molar-refractivity contribution in [3.05, 3.63) is 23.0 Å². The normalized spacial score (nSPS) is 18.6. The van der Waals surface area contributed by atoms with Crippen molar-refractivity contribution in [1.82, 2.24) is 5.32 Å². The highest BCUT2D eigenvalue weighted by atomic mass is 35.5. The number of nitrogens with one attached hydrogen (secondary N) is 1. The Bertz CT molecular complexity index is 131. The zero-order chi connectivity index (χ0) is 5.98. The third kappa shape index (κ3) is 1.17. The van der Waals surface area contributed by atoms with Gasteiger partial charge in [0.25, 0.3) is 0 Å². The van der Waals surface area contributed by atoms with Gasteiger partial charge in [0.1, 0.15) is 0 Å². The fourth-order valence-corrected chi connectivity index (χ4v) is 0.614. The predicted octanol–water partition coefficient (Wildman–Crippen LogP) is 0.512. The van der Waals surface area contributed by atoms with Crippen LogP contribution < -0.4 is 11.1 Å². The molecule has 3 heteroatoms. The van der Waals surface area contributed by atoms with Gasteiger partial charge in [-0.15, -0.1) is 0 Å². The highest BCUT2D eigenvalue weighted by Gasteiger charge is 1.96. The Morgan fingerprint density at radius 2 is 2.38 bits per heavy atom. The fourth-order valence-electron chi connectivity index (χ4n) is 0.485. The van der Waals surface area contributed by atoms with Crippen molar-refractivity contribution in [2.24, 2.45) is 5.73 Å². The van der Waals surface area contributed by atoms with Crippen LogP contribution in [0.3, 0.4) is 0 Å². The molecular weight excluding hydrogens is 124 g/mol. The molecule has 0 fully saturated rings. The second kappa shape index (κ2) is 2.09. The van der Waals surface area contributed by atoms with E-state index in [1.54, 1.807) is 12.2 Å². The largest absolute Gasteiger partial charge is 0.386 e. The summed E-state index contributed by atoms with van der Waals surface area (Å²) in [5.74, 6) is 0.675. The van der Waals surface area contributed by atoms with Gasteiger partial charge in [-0.05, 0) is 12.2 Å². The molecule has 0 bridgehead atoms. The number of rotatable bonds is 0. The lowest BCUT2D eigenvalue weighted by Crippen LogP contribution is -2.23. The number of hydrogen-bond donors (Lipinski definition) is 2. The average molecular weight is 131 g/mol. The molecule has 0 aliphatic carbocycles. The van der Waals surface area contributed by atoms with E-state index in [0.29, 0.717) is 12.4 Å². The molecule has 0 aromatic carbocycles. The number of hydrogen-bond acceptors (Lipinski definition) is 2. The highest BCUT2D eigenvalue weighted by Crippen LogP contribution is 2.03. The van der Waals surface area contributed by atoms with Crippen molar-refractivity contribution < 1.29 is 0 Å². The zero-order valence-corrected chi connectivity index (χ0v) is 5.07. The number of dihydropyridines is 1. The van der Waals surface area contributed by atoms with Crippen molar-refractivity contribution in [3.8, 4) is 0 Å². The van der Waals surface area contributed by atoms with Crippen LogP contribution in [0.2, 0.25) is 0 Å². The van der Waals surface area contributed by atoms with Crippen LogP contribution in [0, 0.1) is 0 Å². The number of halogens is 1. The van der Waals surface area contributed by atoms with Crippen LogP contribution in [0.1, 0.15) is 0 Å². The highest BCUT2D eigenvalue weighted by molar-refractivity contribution is 6.30. The quantitative estimate of drug-likeness (QED) is 0.502. The molecule has 2 nitrogen and oxygen atoms in total. The van der Waals surface area contributed by atoms with Gasteiger partial charge in [0, 0.05) is 5.03 Å². The van der Waals surface area contributed by atoms with Gasteiger partial charge in [0.2, 0.25) is 0 Å². The van der Waals surface area contributed by atoms with Gasteiger partial charge in [-0.3, -0.25) is 0 Å². The molecule has 1 rings (SSSR count). The van der Waals surface area contributed by atoms with Crippen LogP contribution in [-0.2, 0) is 0 Å². The SMILES string of the molecule is NC1=CC=C(Cl)CN1. The molecule has 1 heterocycles. The Kier molecular flexibility index (Phi) is 1.44. The van der Waals surface area contributed by atoms with Gasteiger partial charge in [-0.1, -0.05) is 11.6 Å². The van der Waals surface area contributed by atoms with E-state index in [0.717, 1.165) is 5.03 Å². The van der Waals surface area contributed by atoms with Crippen molar-refractivity contribution in [3.63, 3.8) is 0 Å². The molecule has 0 saturated carbocycles. The Balaban J connectivity index is 2.65. The maximum atomic E-state index is 5.58. The first-order chi connectivity index (χ1) is 3.79. The first-order valence-corrected chi connectivity index (χ1v) is 2.72. The van der Waals surface area contributed by atoms with Gasteiger partial charge in [-0.2, -0.15) is 0 Å². The first kappa shape index (κ1) is 5.51. The summed E-state index contributed by atoms with van der Waals surface area (Å²) in [5, 5.41) is 3.66. The second-order valence-corrected chi connectivity index (χ2v) is 2.07. The van der Waals surface area contributed by atoms with Crippen LogP contribution >= 0.6 is 11.6 Å². The standard InChI is InChI=1S/C5H7ClN2/c6-4-1-2-5(7)8-3-4/h1-2,8H,3,7H2. The minimum Gasteiger partial charge on any atom is -0.386 e. The van der Waals surface area contributed by atoms with Crippen LogP contribution in [0.5, 0.6) is 0 Å². The van der Waals surface area contributed by atoms with Gasteiger partial charge >= 0.3 is 0 Å². The molecular formula is C5H7ClN2. The van der Waals surface area contributed by atoms with Crippen molar-refractivity contribution in [2.45, 2.75) is 0 Å². The van der Waals surface area contributed by atoms with Crippen LogP contribution in [0.4, 0.5) is 0 Å². The lowest BCUT2D eigenvalue weighted by Gasteiger charge is -2.07. The van der Waals surface area contributed by atoms with E-state index in [1.165, 1.54) is 0 Å². The van der Waals surface area contributed by atoms with Crippen molar-refractivity contribution >= 4 is 11.6 Å². The number of nitrogens with two attached hydrogens (primary N) is 1. The molecule has 0 saturated heterocycles. The minimum absolute atomic E-state index is 0.657. The van der Waals surface area contributed by atoms with E-state index < -0.39 is 0 Å². The molecule has 1 aliphatic rings. The second-order valence-electron chi connectivity index (χ2n) is 1.59. The Hall–Kier alpha value is -0.630.